The highest BCUT2D eigenvalue weighted by atomic mass is 127. The smallest absolute Gasteiger partial charge is 0.219 e. The minimum Gasteiger partial charge on any atom is -0.357 e. The van der Waals surface area contributed by atoms with E-state index in [0.717, 1.165) is 63.7 Å². The number of halogens is 1. The minimum atomic E-state index is 0. The Morgan fingerprint density at radius 2 is 1.89 bits per heavy atom. The third kappa shape index (κ3) is 5.57. The third-order valence-electron chi connectivity index (χ3n) is 4.71. The Morgan fingerprint density at radius 1 is 1.19 bits per heavy atom. The predicted molar refractivity (Wildman–Crippen MR) is 120 cm³/mol. The highest BCUT2D eigenvalue weighted by molar-refractivity contribution is 14.0. The van der Waals surface area contributed by atoms with Crippen molar-refractivity contribution in [3.8, 4) is 0 Å². The first-order valence-electron chi connectivity index (χ1n) is 9.37. The van der Waals surface area contributed by atoms with E-state index in [1.54, 1.807) is 6.92 Å². The van der Waals surface area contributed by atoms with Gasteiger partial charge in [0.2, 0.25) is 5.91 Å². The SMILES string of the molecule is CCNC(=NCCCn1cnc2ccccc21)N1CCN(C(C)=O)CC1.I. The van der Waals surface area contributed by atoms with Crippen LogP contribution in [0, 0.1) is 0 Å². The molecule has 1 aliphatic rings. The van der Waals surface area contributed by atoms with E-state index in [1.165, 1.54) is 5.52 Å². The lowest BCUT2D eigenvalue weighted by Gasteiger charge is -2.36. The van der Waals surface area contributed by atoms with Gasteiger partial charge in [-0.15, -0.1) is 24.0 Å². The van der Waals surface area contributed by atoms with Gasteiger partial charge in [-0.2, -0.15) is 0 Å². The molecular weight excluding hydrogens is 455 g/mol. The molecule has 27 heavy (non-hydrogen) atoms. The highest BCUT2D eigenvalue weighted by Crippen LogP contribution is 2.12. The number of aryl methyl sites for hydroxylation is 1. The quantitative estimate of drug-likeness (QED) is 0.306. The molecule has 2 heterocycles. The van der Waals surface area contributed by atoms with E-state index in [1.807, 2.05) is 29.4 Å². The molecule has 148 valence electrons. The van der Waals surface area contributed by atoms with Gasteiger partial charge in [-0.25, -0.2) is 4.98 Å². The minimum absolute atomic E-state index is 0. The molecule has 7 nitrogen and oxygen atoms in total. The number of amides is 1. The Labute approximate surface area is 177 Å². The van der Waals surface area contributed by atoms with Crippen LogP contribution >= 0.6 is 24.0 Å². The van der Waals surface area contributed by atoms with Crippen LogP contribution in [0.1, 0.15) is 20.3 Å². The zero-order valence-corrected chi connectivity index (χ0v) is 18.4. The first kappa shape index (κ1) is 21.5. The summed E-state index contributed by atoms with van der Waals surface area (Å²) in [7, 11) is 0. The number of nitrogens with zero attached hydrogens (tertiary/aromatic N) is 5. The van der Waals surface area contributed by atoms with Crippen LogP contribution in [0.5, 0.6) is 0 Å². The Hall–Kier alpha value is -1.84. The molecule has 0 saturated carbocycles. The number of benzene rings is 1. The van der Waals surface area contributed by atoms with Crippen LogP contribution in [-0.4, -0.2) is 70.5 Å². The number of imidazole rings is 1. The van der Waals surface area contributed by atoms with Crippen LogP contribution in [-0.2, 0) is 11.3 Å². The van der Waals surface area contributed by atoms with Crippen molar-refractivity contribution < 1.29 is 4.79 Å². The average Bonchev–Trinajstić information content (AvgIpc) is 3.07. The molecule has 8 heteroatoms. The standard InChI is InChI=1S/C19H28N6O.HI/c1-3-20-19(24-13-11-23(12-14-24)16(2)26)21-9-6-10-25-15-22-17-7-4-5-8-18(17)25;/h4-5,7-8,15H,3,6,9-14H2,1-2H3,(H,20,21);1H. The van der Waals surface area contributed by atoms with Crippen LogP contribution < -0.4 is 5.32 Å². The van der Waals surface area contributed by atoms with E-state index in [2.05, 4.69) is 32.8 Å². The van der Waals surface area contributed by atoms with E-state index < -0.39 is 0 Å². The largest absolute Gasteiger partial charge is 0.357 e. The van der Waals surface area contributed by atoms with Crippen molar-refractivity contribution in [3.63, 3.8) is 0 Å². The van der Waals surface area contributed by atoms with E-state index in [0.29, 0.717) is 0 Å². The fraction of sp³-hybridized carbons (Fsp3) is 0.526. The number of para-hydroxylation sites is 2. The lowest BCUT2D eigenvalue weighted by atomic mass is 10.3. The zero-order chi connectivity index (χ0) is 18.4. The molecule has 2 aromatic rings. The molecule has 0 spiro atoms. The topological polar surface area (TPSA) is 65.8 Å². The number of hydrogen-bond acceptors (Lipinski definition) is 3. The van der Waals surface area contributed by atoms with Crippen LogP contribution in [0.15, 0.2) is 35.6 Å². The summed E-state index contributed by atoms with van der Waals surface area (Å²) < 4.78 is 2.18. The number of piperazine rings is 1. The molecule has 1 N–H and O–H groups in total. The summed E-state index contributed by atoms with van der Waals surface area (Å²) in [6, 6.07) is 8.19. The van der Waals surface area contributed by atoms with Crippen molar-refractivity contribution in [1.29, 1.82) is 0 Å². The molecule has 0 aliphatic carbocycles. The lowest BCUT2D eigenvalue weighted by Crippen LogP contribution is -2.53. The summed E-state index contributed by atoms with van der Waals surface area (Å²) in [6.45, 7) is 9.42. The number of nitrogens with one attached hydrogen (secondary N) is 1. The van der Waals surface area contributed by atoms with Crippen molar-refractivity contribution >= 4 is 46.9 Å². The number of guanidine groups is 1. The van der Waals surface area contributed by atoms with Crippen molar-refractivity contribution in [1.82, 2.24) is 24.7 Å². The molecular formula is C19H29IN6O. The third-order valence-corrected chi connectivity index (χ3v) is 4.71. The van der Waals surface area contributed by atoms with E-state index in [-0.39, 0.29) is 29.9 Å². The molecule has 1 fully saturated rings. The highest BCUT2D eigenvalue weighted by Gasteiger charge is 2.20. The first-order valence-corrected chi connectivity index (χ1v) is 9.37. The van der Waals surface area contributed by atoms with Crippen LogP contribution in [0.3, 0.4) is 0 Å². The Morgan fingerprint density at radius 3 is 2.59 bits per heavy atom. The van der Waals surface area contributed by atoms with E-state index in [9.17, 15) is 4.79 Å². The molecule has 0 radical (unpaired) electrons. The fourth-order valence-electron chi connectivity index (χ4n) is 3.27. The number of aliphatic imine (C=N–C) groups is 1. The predicted octanol–water partition coefficient (Wildman–Crippen LogP) is 2.17. The Kier molecular flexibility index (Phi) is 8.33. The molecule has 3 rings (SSSR count). The van der Waals surface area contributed by atoms with E-state index in [4.69, 9.17) is 4.99 Å². The van der Waals surface area contributed by atoms with Crippen LogP contribution in [0.4, 0.5) is 0 Å². The molecule has 1 aromatic carbocycles. The number of aromatic nitrogens is 2. The first-order chi connectivity index (χ1) is 12.7. The number of carbonyl (C=O) groups excluding carboxylic acids is 1. The summed E-state index contributed by atoms with van der Waals surface area (Å²) in [4.78, 5) is 24.8. The van der Waals surface area contributed by atoms with Crippen molar-refractivity contribution in [2.45, 2.75) is 26.8 Å². The maximum atomic E-state index is 11.5. The second-order valence-corrected chi connectivity index (χ2v) is 6.51. The normalized spacial score (nSPS) is 15.0. The van der Waals surface area contributed by atoms with Gasteiger partial charge in [-0.3, -0.25) is 9.79 Å². The van der Waals surface area contributed by atoms with E-state index >= 15 is 0 Å². The van der Waals surface area contributed by atoms with Gasteiger partial charge in [0.25, 0.3) is 0 Å². The van der Waals surface area contributed by atoms with Gasteiger partial charge in [-0.1, -0.05) is 12.1 Å². The Bertz CT molecular complexity index is 766. The zero-order valence-electron chi connectivity index (χ0n) is 16.1. The summed E-state index contributed by atoms with van der Waals surface area (Å²) >= 11 is 0. The van der Waals surface area contributed by atoms with Crippen LogP contribution in [0.25, 0.3) is 11.0 Å². The summed E-state index contributed by atoms with van der Waals surface area (Å²) in [5, 5.41) is 3.37. The molecule has 1 saturated heterocycles. The molecule has 1 amide bonds. The van der Waals surface area contributed by atoms with Gasteiger partial charge in [0.15, 0.2) is 5.96 Å². The molecule has 0 atom stereocenters. The average molecular weight is 484 g/mol. The van der Waals surface area contributed by atoms with Gasteiger partial charge in [0.1, 0.15) is 0 Å². The van der Waals surface area contributed by atoms with Crippen molar-refractivity contribution in [2.75, 3.05) is 39.3 Å². The molecule has 1 aliphatic heterocycles. The maximum absolute atomic E-state index is 11.5. The summed E-state index contributed by atoms with van der Waals surface area (Å²) in [5.41, 5.74) is 2.21. The fourth-order valence-corrected chi connectivity index (χ4v) is 3.27. The maximum Gasteiger partial charge on any atom is 0.219 e. The Balaban J connectivity index is 0.00000261. The van der Waals surface area contributed by atoms with Gasteiger partial charge >= 0.3 is 0 Å². The van der Waals surface area contributed by atoms with Gasteiger partial charge in [0.05, 0.1) is 17.4 Å². The van der Waals surface area contributed by atoms with Gasteiger partial charge < -0.3 is 19.7 Å². The monoisotopic (exact) mass is 484 g/mol. The molecule has 1 aromatic heterocycles. The van der Waals surface area contributed by atoms with Crippen LogP contribution in [0.2, 0.25) is 0 Å². The van der Waals surface area contributed by atoms with Gasteiger partial charge in [0, 0.05) is 52.7 Å². The second kappa shape index (κ2) is 10.5. The van der Waals surface area contributed by atoms with Crippen molar-refractivity contribution in [2.24, 2.45) is 4.99 Å². The number of fused-ring (bicyclic) bond motifs is 1. The second-order valence-electron chi connectivity index (χ2n) is 6.51. The lowest BCUT2D eigenvalue weighted by molar-refractivity contribution is -0.130. The van der Waals surface area contributed by atoms with Gasteiger partial charge in [-0.05, 0) is 25.5 Å². The number of carbonyl (C=O) groups is 1. The molecule has 0 unspecified atom stereocenters. The number of rotatable bonds is 5. The van der Waals surface area contributed by atoms with Crippen molar-refractivity contribution in [3.05, 3.63) is 30.6 Å². The number of hydrogen-bond donors (Lipinski definition) is 1. The summed E-state index contributed by atoms with van der Waals surface area (Å²) in [6.07, 6.45) is 2.86. The molecule has 0 bridgehead atoms. The summed E-state index contributed by atoms with van der Waals surface area (Å²) in [5.74, 6) is 1.10.